The lowest BCUT2D eigenvalue weighted by molar-refractivity contribution is -0.384. The van der Waals surface area contributed by atoms with E-state index in [9.17, 15) is 18.9 Å². The summed E-state index contributed by atoms with van der Waals surface area (Å²) >= 11 is 3.21. The second-order valence-electron chi connectivity index (χ2n) is 5.76. The smallest absolute Gasteiger partial charge is 0.293 e. The Morgan fingerprint density at radius 3 is 2.50 bits per heavy atom. The summed E-state index contributed by atoms with van der Waals surface area (Å²) in [5.41, 5.74) is 2.42. The highest BCUT2D eigenvalue weighted by atomic mass is 79.9. The number of nitrogens with one attached hydrogen (secondary N) is 1. The van der Waals surface area contributed by atoms with Crippen LogP contribution in [0, 0.1) is 28.7 Å². The summed E-state index contributed by atoms with van der Waals surface area (Å²) in [6.45, 7) is 1.83. The van der Waals surface area contributed by atoms with Crippen molar-refractivity contribution in [2.45, 2.75) is 6.92 Å². The van der Waals surface area contributed by atoms with Gasteiger partial charge in [-0.25, -0.2) is 8.78 Å². The second-order valence-corrected chi connectivity index (χ2v) is 6.67. The molecule has 26 heavy (non-hydrogen) atoms. The standard InChI is InChI=1S/C19H13BrF2N2O2/c1-11-6-12(16-4-3-14(21)10-17(16)22)8-15(7-11)23-18-5-2-13(20)9-19(18)24(25)26/h2-10,23H,1H3. The van der Waals surface area contributed by atoms with E-state index < -0.39 is 16.6 Å². The molecule has 0 aromatic heterocycles. The number of anilines is 2. The van der Waals surface area contributed by atoms with Crippen molar-refractivity contribution in [2.75, 3.05) is 5.32 Å². The molecular formula is C19H13BrF2N2O2. The zero-order valence-electron chi connectivity index (χ0n) is 13.6. The maximum absolute atomic E-state index is 14.1. The van der Waals surface area contributed by atoms with Gasteiger partial charge in [-0.3, -0.25) is 10.1 Å². The number of nitrogens with zero attached hydrogens (tertiary/aromatic N) is 1. The van der Waals surface area contributed by atoms with Crippen LogP contribution in [0.15, 0.2) is 59.1 Å². The SMILES string of the molecule is Cc1cc(Nc2ccc(Br)cc2[N+](=O)[O-])cc(-c2ccc(F)cc2F)c1. The highest BCUT2D eigenvalue weighted by Gasteiger charge is 2.15. The highest BCUT2D eigenvalue weighted by Crippen LogP contribution is 2.33. The van der Waals surface area contributed by atoms with E-state index in [4.69, 9.17) is 0 Å². The van der Waals surface area contributed by atoms with Gasteiger partial charge in [-0.05, 0) is 54.4 Å². The zero-order chi connectivity index (χ0) is 18.8. The molecule has 3 aromatic carbocycles. The van der Waals surface area contributed by atoms with E-state index in [1.54, 1.807) is 30.3 Å². The number of rotatable bonds is 4. The van der Waals surface area contributed by atoms with E-state index in [1.807, 2.05) is 6.92 Å². The molecule has 0 saturated heterocycles. The Labute approximate surface area is 156 Å². The van der Waals surface area contributed by atoms with Crippen molar-refractivity contribution in [3.63, 3.8) is 0 Å². The van der Waals surface area contributed by atoms with Crippen molar-refractivity contribution in [3.05, 3.63) is 86.4 Å². The van der Waals surface area contributed by atoms with Crippen LogP contribution in [0.2, 0.25) is 0 Å². The number of halogens is 3. The molecule has 0 saturated carbocycles. The maximum Gasteiger partial charge on any atom is 0.293 e. The van der Waals surface area contributed by atoms with Gasteiger partial charge in [0.1, 0.15) is 17.3 Å². The molecule has 0 aliphatic heterocycles. The van der Waals surface area contributed by atoms with E-state index in [0.29, 0.717) is 21.4 Å². The molecule has 1 N–H and O–H groups in total. The van der Waals surface area contributed by atoms with Crippen molar-refractivity contribution in [1.29, 1.82) is 0 Å². The van der Waals surface area contributed by atoms with Gasteiger partial charge < -0.3 is 5.32 Å². The van der Waals surface area contributed by atoms with Gasteiger partial charge in [-0.1, -0.05) is 22.0 Å². The van der Waals surface area contributed by atoms with Gasteiger partial charge in [-0.15, -0.1) is 0 Å². The fourth-order valence-corrected chi connectivity index (χ4v) is 3.00. The fourth-order valence-electron chi connectivity index (χ4n) is 2.65. The molecule has 0 radical (unpaired) electrons. The van der Waals surface area contributed by atoms with Crippen molar-refractivity contribution in [2.24, 2.45) is 0 Å². The van der Waals surface area contributed by atoms with Crippen molar-refractivity contribution < 1.29 is 13.7 Å². The number of nitro benzene ring substituents is 1. The Morgan fingerprint density at radius 2 is 1.81 bits per heavy atom. The summed E-state index contributed by atoms with van der Waals surface area (Å²) in [7, 11) is 0. The predicted octanol–water partition coefficient (Wildman–Crippen LogP) is 6.35. The highest BCUT2D eigenvalue weighted by molar-refractivity contribution is 9.10. The molecule has 7 heteroatoms. The third-order valence-corrected chi connectivity index (χ3v) is 4.25. The normalized spacial score (nSPS) is 10.6. The molecule has 0 heterocycles. The van der Waals surface area contributed by atoms with Crippen molar-refractivity contribution >= 4 is 33.0 Å². The van der Waals surface area contributed by atoms with Gasteiger partial charge in [-0.2, -0.15) is 0 Å². The minimum absolute atomic E-state index is 0.0876. The molecule has 0 unspecified atom stereocenters. The fraction of sp³-hybridized carbons (Fsp3) is 0.0526. The molecule has 0 amide bonds. The van der Waals surface area contributed by atoms with Gasteiger partial charge in [0.2, 0.25) is 0 Å². The number of benzene rings is 3. The average molecular weight is 419 g/mol. The molecule has 4 nitrogen and oxygen atoms in total. The van der Waals surface area contributed by atoms with Crippen LogP contribution in [0.25, 0.3) is 11.1 Å². The Morgan fingerprint density at radius 1 is 1.04 bits per heavy atom. The Balaban J connectivity index is 2.03. The lowest BCUT2D eigenvalue weighted by atomic mass is 10.0. The molecule has 132 valence electrons. The molecule has 0 aliphatic carbocycles. The van der Waals surface area contributed by atoms with Crippen LogP contribution >= 0.6 is 15.9 Å². The average Bonchev–Trinajstić information content (AvgIpc) is 2.55. The first-order valence-electron chi connectivity index (χ1n) is 7.61. The predicted molar refractivity (Wildman–Crippen MR) is 101 cm³/mol. The van der Waals surface area contributed by atoms with Crippen LogP contribution < -0.4 is 5.32 Å². The molecule has 0 bridgehead atoms. The zero-order valence-corrected chi connectivity index (χ0v) is 15.2. The van der Waals surface area contributed by atoms with Crippen LogP contribution in [-0.2, 0) is 0 Å². The Hall–Kier alpha value is -2.80. The first-order valence-corrected chi connectivity index (χ1v) is 8.41. The lowest BCUT2D eigenvalue weighted by Gasteiger charge is -2.12. The van der Waals surface area contributed by atoms with Gasteiger partial charge >= 0.3 is 0 Å². The molecule has 0 aliphatic rings. The quantitative estimate of drug-likeness (QED) is 0.396. The molecule has 0 spiro atoms. The van der Waals surface area contributed by atoms with E-state index in [0.717, 1.165) is 11.6 Å². The third-order valence-electron chi connectivity index (χ3n) is 3.75. The topological polar surface area (TPSA) is 55.2 Å². The van der Waals surface area contributed by atoms with Crippen molar-refractivity contribution in [3.8, 4) is 11.1 Å². The molecular weight excluding hydrogens is 406 g/mol. The van der Waals surface area contributed by atoms with Crippen LogP contribution in [0.1, 0.15) is 5.56 Å². The van der Waals surface area contributed by atoms with Crippen LogP contribution in [-0.4, -0.2) is 4.92 Å². The molecule has 3 aromatic rings. The molecule has 0 atom stereocenters. The summed E-state index contributed by atoms with van der Waals surface area (Å²) in [5.74, 6) is -1.32. The number of nitro groups is 1. The third kappa shape index (κ3) is 3.88. The lowest BCUT2D eigenvalue weighted by Crippen LogP contribution is -1.98. The first-order chi connectivity index (χ1) is 12.3. The molecule has 3 rings (SSSR count). The first kappa shape index (κ1) is 18.0. The number of aryl methyl sites for hydroxylation is 1. The summed E-state index contributed by atoms with van der Waals surface area (Å²) in [4.78, 5) is 10.8. The summed E-state index contributed by atoms with van der Waals surface area (Å²) in [6, 6.07) is 13.3. The van der Waals surface area contributed by atoms with Crippen molar-refractivity contribution in [1.82, 2.24) is 0 Å². The van der Waals surface area contributed by atoms with Gasteiger partial charge in [0, 0.05) is 27.9 Å². The molecule has 0 fully saturated rings. The minimum atomic E-state index is -0.670. The Kier molecular flexibility index (Phi) is 4.99. The van der Waals surface area contributed by atoms with Gasteiger partial charge in [0.15, 0.2) is 0 Å². The van der Waals surface area contributed by atoms with Crippen LogP contribution in [0.5, 0.6) is 0 Å². The van der Waals surface area contributed by atoms with Crippen LogP contribution in [0.3, 0.4) is 0 Å². The van der Waals surface area contributed by atoms with Gasteiger partial charge in [0.05, 0.1) is 4.92 Å². The summed E-state index contributed by atoms with van der Waals surface area (Å²) in [5, 5.41) is 14.3. The minimum Gasteiger partial charge on any atom is -0.350 e. The van der Waals surface area contributed by atoms with E-state index >= 15 is 0 Å². The van der Waals surface area contributed by atoms with E-state index in [2.05, 4.69) is 21.2 Å². The summed E-state index contributed by atoms with van der Waals surface area (Å²) < 4.78 is 27.8. The monoisotopic (exact) mass is 418 g/mol. The van der Waals surface area contributed by atoms with Crippen LogP contribution in [0.4, 0.5) is 25.8 Å². The Bertz CT molecular complexity index is 1010. The van der Waals surface area contributed by atoms with Gasteiger partial charge in [0.25, 0.3) is 5.69 Å². The summed E-state index contributed by atoms with van der Waals surface area (Å²) in [6.07, 6.45) is 0. The largest absolute Gasteiger partial charge is 0.350 e. The maximum atomic E-state index is 14.1. The number of hydrogen-bond donors (Lipinski definition) is 1. The van der Waals surface area contributed by atoms with E-state index in [-0.39, 0.29) is 11.3 Å². The second kappa shape index (κ2) is 7.21. The number of hydrogen-bond acceptors (Lipinski definition) is 3. The van der Waals surface area contributed by atoms with E-state index in [1.165, 1.54) is 18.2 Å².